The Kier molecular flexibility index (Phi) is 12.4. The molecule has 0 spiro atoms. The first-order chi connectivity index (χ1) is 24.4. The molecule has 266 valence electrons. The second-order valence-electron chi connectivity index (χ2n) is 12.3. The van der Waals surface area contributed by atoms with Crippen LogP contribution in [0.3, 0.4) is 0 Å². The lowest BCUT2D eigenvalue weighted by atomic mass is 9.85. The molecule has 11 heteroatoms. The van der Waals surface area contributed by atoms with Crippen molar-refractivity contribution in [3.05, 3.63) is 142 Å². The van der Waals surface area contributed by atoms with E-state index in [1.54, 1.807) is 37.2 Å². The van der Waals surface area contributed by atoms with Crippen LogP contribution in [0.1, 0.15) is 49.3 Å². The quantitative estimate of drug-likeness (QED) is 0.0672. The van der Waals surface area contributed by atoms with Gasteiger partial charge in [0.05, 0.1) is 12.8 Å². The van der Waals surface area contributed by atoms with Crippen LogP contribution < -0.4 is 11.4 Å². The Bertz CT molecular complexity index is 2100. The van der Waals surface area contributed by atoms with Gasteiger partial charge >= 0.3 is 11.2 Å². The van der Waals surface area contributed by atoms with Crippen molar-refractivity contribution in [3.63, 3.8) is 0 Å². The molecule has 0 aliphatic heterocycles. The van der Waals surface area contributed by atoms with Gasteiger partial charge in [-0.05, 0) is 140 Å². The van der Waals surface area contributed by atoms with Crippen LogP contribution in [0.5, 0.6) is 0 Å². The predicted octanol–water partition coefficient (Wildman–Crippen LogP) is 10.2. The van der Waals surface area contributed by atoms with E-state index in [-0.39, 0.29) is 28.6 Å². The number of aromatic amines is 1. The number of aryl methyl sites for hydroxylation is 1. The van der Waals surface area contributed by atoms with Gasteiger partial charge in [0.1, 0.15) is 11.4 Å². The molecule has 0 saturated heterocycles. The molecule has 0 unspecified atom stereocenters. The first kappa shape index (κ1) is 37.8. The number of halogens is 3. The fourth-order valence-electron chi connectivity index (χ4n) is 5.93. The van der Waals surface area contributed by atoms with E-state index in [0.717, 1.165) is 45.8 Å². The highest BCUT2D eigenvalue weighted by Crippen LogP contribution is 2.39. The third-order valence-corrected chi connectivity index (χ3v) is 9.90. The average molecular weight is 731 g/mol. The summed E-state index contributed by atoms with van der Waals surface area (Å²) in [4.78, 5) is 22.0. The van der Waals surface area contributed by atoms with Crippen LogP contribution in [0.25, 0.3) is 28.0 Å². The highest BCUT2D eigenvalue weighted by Gasteiger charge is 2.29. The molecule has 0 saturated carbocycles. The normalized spacial score (nSPS) is 13.5. The summed E-state index contributed by atoms with van der Waals surface area (Å²) >= 11 is 1.53. The molecule has 6 nitrogen and oxygen atoms in total. The number of hydrogen-bond donors (Lipinski definition) is 2. The Balaban J connectivity index is 1.48. The number of thioether (sulfide) groups is 2. The van der Waals surface area contributed by atoms with Crippen LogP contribution in [0.4, 0.5) is 13.2 Å². The summed E-state index contributed by atoms with van der Waals surface area (Å²) in [6.45, 7) is 8.21. The van der Waals surface area contributed by atoms with E-state index in [0.29, 0.717) is 34.4 Å². The Morgan fingerprint density at radius 2 is 1.73 bits per heavy atom. The summed E-state index contributed by atoms with van der Waals surface area (Å²) in [5, 5.41) is 0.643. The molecule has 0 amide bonds. The van der Waals surface area contributed by atoms with E-state index in [2.05, 4.69) is 40.8 Å². The third-order valence-electron chi connectivity index (χ3n) is 8.45. The van der Waals surface area contributed by atoms with Gasteiger partial charge in [-0.3, -0.25) is 4.57 Å². The van der Waals surface area contributed by atoms with Crippen LogP contribution in [0, 0.1) is 0 Å². The zero-order valence-corrected chi connectivity index (χ0v) is 30.6. The van der Waals surface area contributed by atoms with Crippen molar-refractivity contribution < 1.29 is 17.9 Å². The topological polar surface area (TPSA) is 85.9 Å². The van der Waals surface area contributed by atoms with Crippen LogP contribution in [-0.2, 0) is 11.2 Å². The second kappa shape index (κ2) is 16.7. The molecule has 0 radical (unpaired) electrons. The fraction of sp³-hybridized carbons (Fsp3) is 0.250. The number of allylic oxidation sites excluding steroid dienone is 4. The largest absolute Gasteiger partial charge is 0.497 e. The van der Waals surface area contributed by atoms with E-state index in [4.69, 9.17) is 10.5 Å². The Morgan fingerprint density at radius 3 is 2.33 bits per heavy atom. The lowest BCUT2D eigenvalue weighted by molar-refractivity contribution is -0.0328. The first-order valence-electron chi connectivity index (χ1n) is 16.5. The molecular formula is C40H41F3N4O2S2. The van der Waals surface area contributed by atoms with Gasteiger partial charge in [-0.2, -0.15) is 18.2 Å². The van der Waals surface area contributed by atoms with Gasteiger partial charge in [0.15, 0.2) is 0 Å². The van der Waals surface area contributed by atoms with E-state index < -0.39 is 11.2 Å². The predicted molar refractivity (Wildman–Crippen MR) is 205 cm³/mol. The number of aromatic nitrogens is 3. The molecule has 51 heavy (non-hydrogen) atoms. The van der Waals surface area contributed by atoms with Crippen molar-refractivity contribution in [3.8, 4) is 16.9 Å². The van der Waals surface area contributed by atoms with Crippen LogP contribution >= 0.6 is 23.5 Å². The van der Waals surface area contributed by atoms with Gasteiger partial charge in [-0.25, -0.2) is 4.79 Å². The second-order valence-corrected chi connectivity index (χ2v) is 14.3. The number of hydrogen-bond acceptors (Lipinski definition) is 6. The van der Waals surface area contributed by atoms with Crippen LogP contribution in [-0.4, -0.2) is 39.5 Å². The number of fused-ring (bicyclic) bond motifs is 1. The lowest BCUT2D eigenvalue weighted by Gasteiger charge is -2.20. The van der Waals surface area contributed by atoms with Crippen molar-refractivity contribution in [2.24, 2.45) is 5.73 Å². The zero-order valence-electron chi connectivity index (χ0n) is 29.0. The first-order valence-corrected chi connectivity index (χ1v) is 18.5. The molecule has 2 heterocycles. The summed E-state index contributed by atoms with van der Waals surface area (Å²) in [6.07, 6.45) is 11.6. The van der Waals surface area contributed by atoms with Crippen molar-refractivity contribution in [2.75, 3.05) is 13.4 Å². The highest BCUT2D eigenvalue weighted by atomic mass is 32.2. The molecule has 0 bridgehead atoms. The molecule has 3 N–H and O–H groups in total. The Hall–Kier alpha value is -4.45. The van der Waals surface area contributed by atoms with Crippen LogP contribution in [0.15, 0.2) is 130 Å². The lowest BCUT2D eigenvalue weighted by Crippen LogP contribution is -2.20. The molecule has 2 aromatic heterocycles. The maximum atomic E-state index is 13.4. The number of nitrogens with one attached hydrogen (secondary N) is 1. The number of alkyl halides is 3. The highest BCUT2D eigenvalue weighted by molar-refractivity contribution is 8.00. The third kappa shape index (κ3) is 9.87. The van der Waals surface area contributed by atoms with E-state index in [1.807, 2.05) is 68.7 Å². The molecule has 0 fully saturated rings. The SMILES string of the molecule is C=C(/C=C\C(=C/C)OC)[C@H](c1ccc(SC)cc1)c1ccc(-n2cc3cc(-c4cc(CCC[C@H](C)N)cc(SC(F)(F)F)c4)[nH]c3nc2=O)cc1. The molecule has 0 aliphatic rings. The standard InChI is InChI=1S/C40H41F3N4O2S2/c1-6-33(49-4)17-10-25(2)37(29-13-18-34(50-5)19-14-29)28-11-15-32(16-12-28)47-24-31-23-36(45-38(31)46-39(47)48)30-20-27(9-7-8-26(3)44)21-35(22-30)51-40(41,42)43/h6,10-24,26,37H,2,7-9,44H2,1,3-5H3,(H,45,46,48)/b17-10-,33-6+/t26-,37-/m0/s1. The van der Waals surface area contributed by atoms with Crippen LogP contribution in [0.2, 0.25) is 0 Å². The number of H-pyrrole nitrogens is 1. The van der Waals surface area contributed by atoms with E-state index in [9.17, 15) is 18.0 Å². The Morgan fingerprint density at radius 1 is 1.04 bits per heavy atom. The van der Waals surface area contributed by atoms with Crippen molar-refractivity contribution in [1.29, 1.82) is 0 Å². The molecule has 3 aromatic carbocycles. The number of benzene rings is 3. The minimum absolute atomic E-state index is 0.00856. The van der Waals surface area contributed by atoms with Gasteiger partial charge in [0, 0.05) is 39.0 Å². The molecule has 5 aromatic rings. The smallest absolute Gasteiger partial charge is 0.446 e. The van der Waals surface area contributed by atoms with Gasteiger partial charge in [-0.15, -0.1) is 11.8 Å². The zero-order chi connectivity index (χ0) is 36.7. The monoisotopic (exact) mass is 730 g/mol. The number of methoxy groups -OCH3 is 1. The number of nitrogens with zero attached hydrogens (tertiary/aromatic N) is 2. The molecule has 2 atom stereocenters. The van der Waals surface area contributed by atoms with Gasteiger partial charge < -0.3 is 15.5 Å². The van der Waals surface area contributed by atoms with Crippen molar-refractivity contribution in [2.45, 2.75) is 60.4 Å². The van der Waals surface area contributed by atoms with E-state index in [1.165, 1.54) is 10.6 Å². The maximum Gasteiger partial charge on any atom is 0.446 e. The number of nitrogens with two attached hydrogens (primary N) is 1. The van der Waals surface area contributed by atoms with Crippen molar-refractivity contribution in [1.82, 2.24) is 14.5 Å². The maximum absolute atomic E-state index is 13.4. The number of rotatable bonds is 14. The van der Waals surface area contributed by atoms with Gasteiger partial charge in [0.2, 0.25) is 0 Å². The summed E-state index contributed by atoms with van der Waals surface area (Å²) in [7, 11) is 1.62. The fourth-order valence-corrected chi connectivity index (χ4v) is 7.00. The van der Waals surface area contributed by atoms with Crippen molar-refractivity contribution >= 4 is 34.6 Å². The Labute approximate surface area is 304 Å². The summed E-state index contributed by atoms with van der Waals surface area (Å²) in [5.41, 5.74) is 6.81. The van der Waals surface area contributed by atoms with Gasteiger partial charge in [0.25, 0.3) is 0 Å². The summed E-state index contributed by atoms with van der Waals surface area (Å²) < 4.78 is 47.0. The van der Waals surface area contributed by atoms with E-state index >= 15 is 0 Å². The minimum atomic E-state index is -4.43. The average Bonchev–Trinajstić information content (AvgIpc) is 3.51. The summed E-state index contributed by atoms with van der Waals surface area (Å²) in [6, 6.07) is 22.8. The molecular weight excluding hydrogens is 690 g/mol. The molecule has 0 aliphatic carbocycles. The van der Waals surface area contributed by atoms with Gasteiger partial charge in [-0.1, -0.05) is 36.9 Å². The summed E-state index contributed by atoms with van der Waals surface area (Å²) in [5.74, 6) is 0.573. The number of ether oxygens (including phenoxy) is 1. The minimum Gasteiger partial charge on any atom is -0.497 e. The molecule has 5 rings (SSSR count).